The van der Waals surface area contributed by atoms with Gasteiger partial charge in [-0.1, -0.05) is 0 Å². The van der Waals surface area contributed by atoms with E-state index in [2.05, 4.69) is 31.6 Å². The number of carboxylic acids is 1. The van der Waals surface area contributed by atoms with Crippen molar-refractivity contribution in [3.8, 4) is 0 Å². The molecule has 5 atom stereocenters. The number of nitrogens with one attached hydrogen (secondary N) is 5. The molecule has 0 aromatic carbocycles. The van der Waals surface area contributed by atoms with Gasteiger partial charge in [0, 0.05) is 13.0 Å². The number of nitrogens with zero attached hydrogens (tertiary/aromatic N) is 1. The summed E-state index contributed by atoms with van der Waals surface area (Å²) in [5.74, 6) is -7.88. The van der Waals surface area contributed by atoms with E-state index in [0.29, 0.717) is 0 Å². The van der Waals surface area contributed by atoms with Crippen LogP contribution in [-0.2, 0) is 38.4 Å². The van der Waals surface area contributed by atoms with Crippen LogP contribution in [-0.4, -0.2) is 113 Å². The van der Waals surface area contributed by atoms with Gasteiger partial charge in [-0.2, -0.15) is 0 Å². The number of guanidine groups is 1. The van der Waals surface area contributed by atoms with Crippen molar-refractivity contribution in [3.63, 3.8) is 0 Å². The maximum absolute atomic E-state index is 12.9. The molecule has 0 saturated carbocycles. The topological polar surface area (TPSA) is 380 Å². The van der Waals surface area contributed by atoms with Gasteiger partial charge in [0.15, 0.2) is 5.96 Å². The van der Waals surface area contributed by atoms with Crippen LogP contribution in [0.25, 0.3) is 0 Å². The summed E-state index contributed by atoms with van der Waals surface area (Å²) in [6, 6.07) is -6.95. The van der Waals surface area contributed by atoms with Crippen LogP contribution in [0.4, 0.5) is 0 Å². The summed E-state index contributed by atoms with van der Waals surface area (Å²) >= 11 is 0. The second-order valence-electron chi connectivity index (χ2n) is 9.44. The Kier molecular flexibility index (Phi) is 17.7. The van der Waals surface area contributed by atoms with Crippen molar-refractivity contribution in [2.75, 3.05) is 19.7 Å². The fraction of sp³-hybridized carbons (Fsp3) is 0.609. The summed E-state index contributed by atoms with van der Waals surface area (Å²) in [4.78, 5) is 99.4. The molecule has 0 rings (SSSR count). The largest absolute Gasteiger partial charge is 0.480 e. The van der Waals surface area contributed by atoms with Gasteiger partial charge in [0.05, 0.1) is 25.6 Å². The molecule has 0 aromatic rings. The van der Waals surface area contributed by atoms with Gasteiger partial charge in [0.25, 0.3) is 0 Å². The molecule has 44 heavy (non-hydrogen) atoms. The standard InChI is InChI=1S/C23H41N11O10/c1-10(18(39)33-13(22(43)44)4-5-15(25)36)31-21(42)12(3-2-6-29-23(27)28)32-17(38)8-30-20(41)14(9-35)34-19(40)11(24)7-16(26)37/h10-14,35H,2-9,24H2,1H3,(H2,25,36)(H2,26,37)(H,30,41)(H,31,42)(H,32,38)(H,33,39)(H,34,40)(H,43,44)(H4,27,28,29). The summed E-state index contributed by atoms with van der Waals surface area (Å²) in [5.41, 5.74) is 26.0. The second kappa shape index (κ2) is 20.0. The molecule has 0 fully saturated rings. The molecule has 0 aliphatic heterocycles. The van der Waals surface area contributed by atoms with E-state index < -0.39 is 97.1 Å². The highest BCUT2D eigenvalue weighted by atomic mass is 16.4. The van der Waals surface area contributed by atoms with Crippen molar-refractivity contribution in [1.29, 1.82) is 0 Å². The minimum Gasteiger partial charge on any atom is -0.480 e. The Morgan fingerprint density at radius 2 is 1.36 bits per heavy atom. The van der Waals surface area contributed by atoms with E-state index in [4.69, 9.17) is 28.7 Å². The monoisotopic (exact) mass is 631 g/mol. The highest BCUT2D eigenvalue weighted by Gasteiger charge is 2.28. The third-order valence-electron chi connectivity index (χ3n) is 5.64. The molecular weight excluding hydrogens is 590 g/mol. The lowest BCUT2D eigenvalue weighted by atomic mass is 10.1. The SMILES string of the molecule is CC(NC(=O)C(CCCN=C(N)N)NC(=O)CNC(=O)C(CO)NC(=O)C(N)CC(N)=O)C(=O)NC(CCC(N)=O)C(=O)O. The molecule has 0 bridgehead atoms. The quantitative estimate of drug-likeness (QED) is 0.0318. The first-order valence-electron chi connectivity index (χ1n) is 13.2. The van der Waals surface area contributed by atoms with Crippen LogP contribution >= 0.6 is 0 Å². The number of carboxylic acid groups (broad SMARTS) is 1. The number of hydrogen-bond donors (Lipinski definition) is 12. The number of aliphatic hydroxyl groups excluding tert-OH is 1. The average Bonchev–Trinajstić information content (AvgIpc) is 2.92. The Hall–Kier alpha value is -5.05. The summed E-state index contributed by atoms with van der Waals surface area (Å²) in [6.07, 6.45) is -0.974. The lowest BCUT2D eigenvalue weighted by Gasteiger charge is -2.23. The van der Waals surface area contributed by atoms with E-state index in [-0.39, 0.29) is 38.2 Å². The van der Waals surface area contributed by atoms with Gasteiger partial charge in [0.1, 0.15) is 24.2 Å². The number of hydrogen-bond acceptors (Lipinski definition) is 11. The first-order valence-corrected chi connectivity index (χ1v) is 13.2. The second-order valence-corrected chi connectivity index (χ2v) is 9.44. The summed E-state index contributed by atoms with van der Waals surface area (Å²) in [5, 5.41) is 29.8. The maximum atomic E-state index is 12.9. The van der Waals surface area contributed by atoms with Crippen LogP contribution in [0, 0.1) is 0 Å². The number of carbonyl (C=O) groups excluding carboxylic acids is 7. The highest BCUT2D eigenvalue weighted by Crippen LogP contribution is 2.02. The van der Waals surface area contributed by atoms with Crippen molar-refractivity contribution in [2.45, 2.75) is 69.2 Å². The summed E-state index contributed by atoms with van der Waals surface area (Å²) in [6.45, 7) is -0.280. The highest BCUT2D eigenvalue weighted by molar-refractivity contribution is 5.95. The molecule has 0 radical (unpaired) electrons. The van der Waals surface area contributed by atoms with E-state index >= 15 is 0 Å². The minimum atomic E-state index is -1.54. The molecular formula is C23H41N11O10. The van der Waals surface area contributed by atoms with E-state index in [0.717, 1.165) is 0 Å². The molecule has 17 N–H and O–H groups in total. The van der Waals surface area contributed by atoms with Gasteiger partial charge in [-0.05, 0) is 26.2 Å². The molecule has 21 heteroatoms. The number of aliphatic imine (C=N–C) groups is 1. The van der Waals surface area contributed by atoms with Gasteiger partial charge in [-0.15, -0.1) is 0 Å². The van der Waals surface area contributed by atoms with Crippen LogP contribution in [0.3, 0.4) is 0 Å². The number of aliphatic hydroxyl groups is 1. The Labute approximate surface area is 251 Å². The van der Waals surface area contributed by atoms with Gasteiger partial charge >= 0.3 is 5.97 Å². The summed E-state index contributed by atoms with van der Waals surface area (Å²) in [7, 11) is 0. The van der Waals surface area contributed by atoms with Crippen LogP contribution in [0.5, 0.6) is 0 Å². The fourth-order valence-corrected chi connectivity index (χ4v) is 3.31. The smallest absolute Gasteiger partial charge is 0.326 e. The van der Waals surface area contributed by atoms with Crippen molar-refractivity contribution in [1.82, 2.24) is 26.6 Å². The van der Waals surface area contributed by atoms with Crippen molar-refractivity contribution >= 4 is 53.3 Å². The molecule has 0 heterocycles. The van der Waals surface area contributed by atoms with Gasteiger partial charge in [0.2, 0.25) is 41.4 Å². The molecule has 0 spiro atoms. The minimum absolute atomic E-state index is 0.0416. The molecule has 21 nitrogen and oxygen atoms in total. The zero-order valence-corrected chi connectivity index (χ0v) is 24.0. The molecule has 0 saturated heterocycles. The third-order valence-corrected chi connectivity index (χ3v) is 5.64. The number of aliphatic carboxylic acids is 1. The third kappa shape index (κ3) is 16.4. The molecule has 7 amide bonds. The zero-order chi connectivity index (χ0) is 34.0. The number of amides is 7. The lowest BCUT2D eigenvalue weighted by Crippen LogP contribution is -2.57. The Morgan fingerprint density at radius 3 is 1.89 bits per heavy atom. The molecule has 0 aliphatic carbocycles. The number of nitrogens with two attached hydrogens (primary N) is 5. The normalized spacial score (nSPS) is 13.9. The van der Waals surface area contributed by atoms with Gasteiger partial charge in [-0.3, -0.25) is 38.6 Å². The number of rotatable bonds is 21. The molecule has 0 aliphatic rings. The summed E-state index contributed by atoms with van der Waals surface area (Å²) < 4.78 is 0. The van der Waals surface area contributed by atoms with Crippen LogP contribution < -0.4 is 55.3 Å². The van der Waals surface area contributed by atoms with Crippen LogP contribution in [0.2, 0.25) is 0 Å². The van der Waals surface area contributed by atoms with Crippen LogP contribution in [0.1, 0.15) is 39.0 Å². The molecule has 0 aromatic heterocycles. The van der Waals surface area contributed by atoms with Crippen molar-refractivity contribution in [2.24, 2.45) is 33.7 Å². The van der Waals surface area contributed by atoms with E-state index in [1.54, 1.807) is 0 Å². The zero-order valence-electron chi connectivity index (χ0n) is 24.0. The van der Waals surface area contributed by atoms with E-state index in [1.807, 2.05) is 0 Å². The first-order chi connectivity index (χ1) is 20.5. The Balaban J connectivity index is 5.33. The predicted octanol–water partition coefficient (Wildman–Crippen LogP) is -7.34. The number of primary amides is 2. The van der Waals surface area contributed by atoms with Crippen molar-refractivity contribution in [3.05, 3.63) is 0 Å². The maximum Gasteiger partial charge on any atom is 0.326 e. The van der Waals surface area contributed by atoms with E-state index in [9.17, 15) is 48.6 Å². The Bertz CT molecular complexity index is 1100. The number of carbonyl (C=O) groups is 8. The average molecular weight is 632 g/mol. The van der Waals surface area contributed by atoms with Crippen LogP contribution in [0.15, 0.2) is 4.99 Å². The molecule has 5 unspecified atom stereocenters. The fourth-order valence-electron chi connectivity index (χ4n) is 3.31. The first kappa shape index (κ1) is 38.9. The van der Waals surface area contributed by atoms with Gasteiger partial charge in [-0.25, -0.2) is 4.79 Å². The van der Waals surface area contributed by atoms with Gasteiger partial charge < -0.3 is 65.5 Å². The van der Waals surface area contributed by atoms with E-state index in [1.165, 1.54) is 6.92 Å². The molecule has 248 valence electrons. The Morgan fingerprint density at radius 1 is 0.750 bits per heavy atom. The lowest BCUT2D eigenvalue weighted by molar-refractivity contribution is -0.142. The van der Waals surface area contributed by atoms with Crippen molar-refractivity contribution < 1.29 is 48.6 Å². The predicted molar refractivity (Wildman–Crippen MR) is 151 cm³/mol.